The maximum Gasteiger partial charge on any atom is 0.331 e. The Kier molecular flexibility index (Phi) is 6.68. The van der Waals surface area contributed by atoms with E-state index in [0.29, 0.717) is 31.7 Å². The summed E-state index contributed by atoms with van der Waals surface area (Å²) in [7, 11) is 0. The van der Waals surface area contributed by atoms with Crippen molar-refractivity contribution >= 4 is 5.97 Å². The Labute approximate surface area is 114 Å². The molecule has 0 heterocycles. The quantitative estimate of drug-likeness (QED) is 0.559. The van der Waals surface area contributed by atoms with Gasteiger partial charge in [0.15, 0.2) is 0 Å². The van der Waals surface area contributed by atoms with Crippen LogP contribution in [0.3, 0.4) is 0 Å². The Morgan fingerprint density at radius 1 is 1.42 bits per heavy atom. The zero-order valence-electron chi connectivity index (χ0n) is 11.5. The number of carboxylic acid groups (broad SMARTS) is 1. The monoisotopic (exact) mass is 263 g/mol. The number of carbonyl (C=O) groups is 1. The highest BCUT2D eigenvalue weighted by atomic mass is 16.5. The van der Waals surface area contributed by atoms with Crippen molar-refractivity contribution in [3.63, 3.8) is 0 Å². The second kappa shape index (κ2) is 8.32. The highest BCUT2D eigenvalue weighted by Gasteiger charge is 2.02. The highest BCUT2D eigenvalue weighted by Crippen LogP contribution is 2.12. The number of aliphatic carboxylic acids is 1. The summed E-state index contributed by atoms with van der Waals surface area (Å²) in [5.41, 5.74) is 1.56. The topological polar surface area (TPSA) is 58.6 Å². The Balaban J connectivity index is 2.44. The number of carboxylic acids is 1. The summed E-state index contributed by atoms with van der Waals surface area (Å²) < 4.78 is 5.42. The van der Waals surface area contributed by atoms with Crippen molar-refractivity contribution in [1.29, 1.82) is 0 Å². The molecule has 2 N–H and O–H groups in total. The van der Waals surface area contributed by atoms with Crippen molar-refractivity contribution in [2.75, 3.05) is 13.2 Å². The summed E-state index contributed by atoms with van der Waals surface area (Å²) in [6.07, 6.45) is 2.26. The van der Waals surface area contributed by atoms with E-state index in [1.807, 2.05) is 38.1 Å². The smallest absolute Gasteiger partial charge is 0.331 e. The standard InChI is InChI=1S/C15H21NO3/c1-3-13(15(17)18)8-9-16-11-12-6-5-7-14(10-12)19-4-2/h5-8,10,16H,3-4,9,11H2,1-2H3,(H,17,18)/b13-8-. The molecule has 0 unspecified atom stereocenters. The van der Waals surface area contributed by atoms with Gasteiger partial charge in [-0.2, -0.15) is 0 Å². The van der Waals surface area contributed by atoms with Gasteiger partial charge in [0.25, 0.3) is 0 Å². The van der Waals surface area contributed by atoms with Gasteiger partial charge in [-0.1, -0.05) is 25.1 Å². The lowest BCUT2D eigenvalue weighted by Crippen LogP contribution is -2.14. The van der Waals surface area contributed by atoms with Gasteiger partial charge in [0.2, 0.25) is 0 Å². The molecular weight excluding hydrogens is 242 g/mol. The Morgan fingerprint density at radius 3 is 2.84 bits per heavy atom. The van der Waals surface area contributed by atoms with Crippen LogP contribution in [0.4, 0.5) is 0 Å². The molecule has 104 valence electrons. The first-order chi connectivity index (χ1) is 9.17. The van der Waals surface area contributed by atoms with Crippen LogP contribution >= 0.6 is 0 Å². The van der Waals surface area contributed by atoms with Gasteiger partial charge in [0.1, 0.15) is 5.75 Å². The van der Waals surface area contributed by atoms with Crippen molar-refractivity contribution < 1.29 is 14.6 Å². The van der Waals surface area contributed by atoms with Crippen LogP contribution in [0, 0.1) is 0 Å². The van der Waals surface area contributed by atoms with Crippen LogP contribution < -0.4 is 10.1 Å². The summed E-state index contributed by atoms with van der Waals surface area (Å²) >= 11 is 0. The Morgan fingerprint density at radius 2 is 2.21 bits per heavy atom. The van der Waals surface area contributed by atoms with E-state index in [1.165, 1.54) is 0 Å². The third-order valence-electron chi connectivity index (χ3n) is 2.69. The molecule has 4 heteroatoms. The second-order valence-corrected chi connectivity index (χ2v) is 4.10. The first-order valence-electron chi connectivity index (χ1n) is 6.52. The molecule has 0 spiro atoms. The molecule has 0 amide bonds. The van der Waals surface area contributed by atoms with Gasteiger partial charge in [-0.05, 0) is 31.0 Å². The third-order valence-corrected chi connectivity index (χ3v) is 2.69. The summed E-state index contributed by atoms with van der Waals surface area (Å²) in [6.45, 7) is 5.68. The molecule has 19 heavy (non-hydrogen) atoms. The van der Waals surface area contributed by atoms with E-state index in [2.05, 4.69) is 5.32 Å². The number of rotatable bonds is 8. The number of benzene rings is 1. The molecular formula is C15H21NO3. The molecule has 0 aromatic heterocycles. The molecule has 0 bridgehead atoms. The molecule has 0 aliphatic carbocycles. The molecule has 0 atom stereocenters. The summed E-state index contributed by atoms with van der Waals surface area (Å²) in [4.78, 5) is 10.8. The molecule has 0 saturated carbocycles. The normalized spacial score (nSPS) is 11.4. The van der Waals surface area contributed by atoms with Gasteiger partial charge >= 0.3 is 5.97 Å². The van der Waals surface area contributed by atoms with Gasteiger partial charge in [-0.15, -0.1) is 0 Å². The summed E-state index contributed by atoms with van der Waals surface area (Å²) in [6, 6.07) is 7.87. The van der Waals surface area contributed by atoms with Crippen LogP contribution in [0.25, 0.3) is 0 Å². The molecule has 0 aliphatic rings. The SMILES string of the molecule is CCOc1cccc(CNC/C=C(/CC)C(=O)O)c1. The van der Waals surface area contributed by atoms with E-state index in [0.717, 1.165) is 11.3 Å². The van der Waals surface area contributed by atoms with E-state index < -0.39 is 5.97 Å². The predicted octanol–water partition coefficient (Wildman–Crippen LogP) is 2.60. The number of hydrogen-bond donors (Lipinski definition) is 2. The van der Waals surface area contributed by atoms with Gasteiger partial charge in [-0.3, -0.25) is 0 Å². The first-order valence-corrected chi connectivity index (χ1v) is 6.52. The molecule has 4 nitrogen and oxygen atoms in total. The van der Waals surface area contributed by atoms with E-state index in [-0.39, 0.29) is 0 Å². The number of nitrogens with one attached hydrogen (secondary N) is 1. The molecule has 0 fully saturated rings. The lowest BCUT2D eigenvalue weighted by Gasteiger charge is -2.06. The van der Waals surface area contributed by atoms with Gasteiger partial charge in [0.05, 0.1) is 6.61 Å². The van der Waals surface area contributed by atoms with Crippen molar-refractivity contribution in [3.05, 3.63) is 41.5 Å². The minimum Gasteiger partial charge on any atom is -0.494 e. The Hall–Kier alpha value is -1.81. The fraction of sp³-hybridized carbons (Fsp3) is 0.400. The molecule has 0 aliphatic heterocycles. The number of hydrogen-bond acceptors (Lipinski definition) is 3. The highest BCUT2D eigenvalue weighted by molar-refractivity contribution is 5.86. The van der Waals surface area contributed by atoms with Crippen LogP contribution in [0.5, 0.6) is 5.75 Å². The maximum atomic E-state index is 10.8. The maximum absolute atomic E-state index is 10.8. The van der Waals surface area contributed by atoms with Gasteiger partial charge < -0.3 is 15.2 Å². The van der Waals surface area contributed by atoms with Gasteiger partial charge in [0, 0.05) is 18.7 Å². The average molecular weight is 263 g/mol. The molecule has 1 aromatic carbocycles. The largest absolute Gasteiger partial charge is 0.494 e. The lowest BCUT2D eigenvalue weighted by molar-refractivity contribution is -0.132. The predicted molar refractivity (Wildman–Crippen MR) is 75.3 cm³/mol. The van der Waals surface area contributed by atoms with Gasteiger partial charge in [-0.25, -0.2) is 4.79 Å². The van der Waals surface area contributed by atoms with Crippen LogP contribution in [-0.4, -0.2) is 24.2 Å². The molecule has 1 rings (SSSR count). The lowest BCUT2D eigenvalue weighted by atomic mass is 10.2. The van der Waals surface area contributed by atoms with Crippen molar-refractivity contribution in [2.45, 2.75) is 26.8 Å². The fourth-order valence-electron chi connectivity index (χ4n) is 1.71. The Bertz CT molecular complexity index is 441. The molecule has 1 aromatic rings. The van der Waals surface area contributed by atoms with E-state index in [1.54, 1.807) is 6.08 Å². The second-order valence-electron chi connectivity index (χ2n) is 4.10. The summed E-state index contributed by atoms with van der Waals surface area (Å²) in [5, 5.41) is 12.1. The van der Waals surface area contributed by atoms with E-state index in [9.17, 15) is 4.79 Å². The molecule has 0 radical (unpaired) electrons. The van der Waals surface area contributed by atoms with Crippen LogP contribution in [0.1, 0.15) is 25.8 Å². The molecule has 0 saturated heterocycles. The average Bonchev–Trinajstić information content (AvgIpc) is 2.39. The van der Waals surface area contributed by atoms with E-state index >= 15 is 0 Å². The van der Waals surface area contributed by atoms with E-state index in [4.69, 9.17) is 9.84 Å². The zero-order chi connectivity index (χ0) is 14.1. The van der Waals surface area contributed by atoms with Crippen LogP contribution in [0.15, 0.2) is 35.9 Å². The van der Waals surface area contributed by atoms with Crippen molar-refractivity contribution in [1.82, 2.24) is 5.32 Å². The zero-order valence-corrected chi connectivity index (χ0v) is 11.5. The van der Waals surface area contributed by atoms with Crippen LogP contribution in [-0.2, 0) is 11.3 Å². The first kappa shape index (κ1) is 15.2. The third kappa shape index (κ3) is 5.57. The minimum absolute atomic E-state index is 0.440. The minimum atomic E-state index is -0.845. The summed E-state index contributed by atoms with van der Waals surface area (Å²) in [5.74, 6) is 0.0137. The van der Waals surface area contributed by atoms with Crippen LogP contribution in [0.2, 0.25) is 0 Å². The van der Waals surface area contributed by atoms with Crippen molar-refractivity contribution in [2.24, 2.45) is 0 Å². The van der Waals surface area contributed by atoms with Crippen molar-refractivity contribution in [3.8, 4) is 5.75 Å². The number of ether oxygens (including phenoxy) is 1. The fourth-order valence-corrected chi connectivity index (χ4v) is 1.71.